The van der Waals surface area contributed by atoms with Crippen LogP contribution in [0.25, 0.3) is 11.2 Å². The average molecular weight is 273 g/mol. The number of nitrogens with zero attached hydrogens (tertiary/aromatic N) is 3. The Balaban J connectivity index is 2.04. The number of aliphatic carboxylic acids is 1. The molecule has 1 saturated carbocycles. The van der Waals surface area contributed by atoms with E-state index in [0.717, 1.165) is 30.6 Å². The highest BCUT2D eigenvalue weighted by Crippen LogP contribution is 2.44. The first kappa shape index (κ1) is 13.1. The number of carbonyl (C=O) groups is 1. The van der Waals surface area contributed by atoms with Crippen LogP contribution >= 0.6 is 0 Å². The summed E-state index contributed by atoms with van der Waals surface area (Å²) in [6.07, 6.45) is 4.41. The Labute approximate surface area is 117 Å². The molecule has 0 bridgehead atoms. The van der Waals surface area contributed by atoms with Crippen LogP contribution < -0.4 is 0 Å². The van der Waals surface area contributed by atoms with Crippen LogP contribution in [0.15, 0.2) is 18.3 Å². The summed E-state index contributed by atoms with van der Waals surface area (Å²) in [6, 6.07) is 3.85. The fourth-order valence-electron chi connectivity index (χ4n) is 3.41. The first-order valence-corrected chi connectivity index (χ1v) is 7.12. The van der Waals surface area contributed by atoms with E-state index in [2.05, 4.69) is 16.9 Å². The molecule has 0 radical (unpaired) electrons. The molecule has 5 nitrogen and oxygen atoms in total. The standard InChI is InChI=1S/C15H19N3O2/c1-3-9-7-10(11(8-9)15(19)20)14-17-13-12(18(14)2)5-4-6-16-13/h4-6,9-11H,3,7-8H2,1-2H3,(H,19,20). The molecule has 2 aromatic rings. The van der Waals surface area contributed by atoms with Gasteiger partial charge in [-0.05, 0) is 30.9 Å². The molecule has 3 rings (SSSR count). The van der Waals surface area contributed by atoms with E-state index in [0.29, 0.717) is 11.6 Å². The fraction of sp³-hybridized carbons (Fsp3) is 0.533. The third kappa shape index (κ3) is 1.97. The monoisotopic (exact) mass is 273 g/mol. The van der Waals surface area contributed by atoms with Gasteiger partial charge in [0.1, 0.15) is 5.82 Å². The third-order valence-corrected chi connectivity index (χ3v) is 4.58. The molecular formula is C15H19N3O2. The van der Waals surface area contributed by atoms with Gasteiger partial charge in [-0.2, -0.15) is 0 Å². The quantitative estimate of drug-likeness (QED) is 0.933. The fourth-order valence-corrected chi connectivity index (χ4v) is 3.41. The van der Waals surface area contributed by atoms with Crippen molar-refractivity contribution < 1.29 is 9.90 Å². The number of hydrogen-bond acceptors (Lipinski definition) is 3. The summed E-state index contributed by atoms with van der Waals surface area (Å²) in [5, 5.41) is 9.47. The van der Waals surface area contributed by atoms with Gasteiger partial charge in [-0.3, -0.25) is 4.79 Å². The lowest BCUT2D eigenvalue weighted by atomic mass is 9.95. The molecule has 0 amide bonds. The Bertz CT molecular complexity index is 650. The minimum absolute atomic E-state index is 0.00310. The second kappa shape index (κ2) is 4.89. The molecular weight excluding hydrogens is 254 g/mol. The van der Waals surface area contributed by atoms with Crippen molar-refractivity contribution in [2.75, 3.05) is 0 Å². The van der Waals surface area contributed by atoms with Crippen LogP contribution in [0.1, 0.15) is 37.9 Å². The molecule has 0 spiro atoms. The zero-order valence-electron chi connectivity index (χ0n) is 11.8. The summed E-state index contributed by atoms with van der Waals surface area (Å²) in [6.45, 7) is 2.13. The van der Waals surface area contributed by atoms with Gasteiger partial charge < -0.3 is 9.67 Å². The largest absolute Gasteiger partial charge is 0.481 e. The highest BCUT2D eigenvalue weighted by Gasteiger charge is 2.41. The summed E-state index contributed by atoms with van der Waals surface area (Å²) >= 11 is 0. The Morgan fingerprint density at radius 1 is 1.50 bits per heavy atom. The SMILES string of the molecule is CCC1CC(C(=O)O)C(c2nc3ncccc3n2C)C1. The Morgan fingerprint density at radius 3 is 2.95 bits per heavy atom. The summed E-state index contributed by atoms with van der Waals surface area (Å²) < 4.78 is 2.00. The Hall–Kier alpha value is -1.91. The van der Waals surface area contributed by atoms with Crippen LogP contribution in [0.3, 0.4) is 0 Å². The van der Waals surface area contributed by atoms with Crippen molar-refractivity contribution >= 4 is 17.1 Å². The minimum Gasteiger partial charge on any atom is -0.481 e. The topological polar surface area (TPSA) is 68.0 Å². The molecule has 2 heterocycles. The zero-order valence-corrected chi connectivity index (χ0v) is 11.8. The molecule has 1 aliphatic carbocycles. The lowest BCUT2D eigenvalue weighted by molar-refractivity contribution is -0.142. The van der Waals surface area contributed by atoms with Crippen LogP contribution in [-0.4, -0.2) is 25.6 Å². The van der Waals surface area contributed by atoms with Crippen molar-refractivity contribution in [1.82, 2.24) is 14.5 Å². The molecule has 0 aliphatic heterocycles. The van der Waals surface area contributed by atoms with Crippen molar-refractivity contribution in [2.24, 2.45) is 18.9 Å². The molecule has 1 aliphatic rings. The molecule has 106 valence electrons. The summed E-state index contributed by atoms with van der Waals surface area (Å²) in [5.74, 6) is 0.314. The van der Waals surface area contributed by atoms with Crippen molar-refractivity contribution in [3.05, 3.63) is 24.2 Å². The number of aromatic nitrogens is 3. The van der Waals surface area contributed by atoms with Crippen LogP contribution in [0.5, 0.6) is 0 Å². The maximum atomic E-state index is 11.5. The van der Waals surface area contributed by atoms with Gasteiger partial charge in [0.15, 0.2) is 5.65 Å². The lowest BCUT2D eigenvalue weighted by Crippen LogP contribution is -2.19. The highest BCUT2D eigenvalue weighted by atomic mass is 16.4. The average Bonchev–Trinajstić information content (AvgIpc) is 3.01. The maximum Gasteiger partial charge on any atom is 0.307 e. The number of imidazole rings is 1. The normalized spacial score (nSPS) is 26.2. The van der Waals surface area contributed by atoms with Crippen molar-refractivity contribution in [3.8, 4) is 0 Å². The number of pyridine rings is 1. The van der Waals surface area contributed by atoms with Gasteiger partial charge in [0.2, 0.25) is 0 Å². The van der Waals surface area contributed by atoms with E-state index in [1.54, 1.807) is 6.20 Å². The van der Waals surface area contributed by atoms with Gasteiger partial charge in [0.25, 0.3) is 0 Å². The van der Waals surface area contributed by atoms with Gasteiger partial charge in [-0.15, -0.1) is 0 Å². The van der Waals surface area contributed by atoms with Gasteiger partial charge in [-0.25, -0.2) is 9.97 Å². The Kier molecular flexibility index (Phi) is 3.20. The smallest absolute Gasteiger partial charge is 0.307 e. The number of aryl methyl sites for hydroxylation is 1. The highest BCUT2D eigenvalue weighted by molar-refractivity contribution is 5.74. The summed E-state index contributed by atoms with van der Waals surface area (Å²) in [5.41, 5.74) is 1.67. The number of carboxylic acids is 1. The van der Waals surface area contributed by atoms with E-state index in [1.165, 1.54) is 0 Å². The molecule has 0 saturated heterocycles. The molecule has 1 fully saturated rings. The maximum absolute atomic E-state index is 11.5. The molecule has 2 aromatic heterocycles. The second-order valence-corrected chi connectivity index (χ2v) is 5.67. The molecule has 20 heavy (non-hydrogen) atoms. The summed E-state index contributed by atoms with van der Waals surface area (Å²) in [4.78, 5) is 20.4. The van der Waals surface area contributed by atoms with E-state index < -0.39 is 5.97 Å². The predicted octanol–water partition coefficient (Wildman–Crippen LogP) is 2.57. The van der Waals surface area contributed by atoms with E-state index >= 15 is 0 Å². The molecule has 3 unspecified atom stereocenters. The summed E-state index contributed by atoms with van der Waals surface area (Å²) in [7, 11) is 1.95. The van der Waals surface area contributed by atoms with Crippen LogP contribution in [0.2, 0.25) is 0 Å². The minimum atomic E-state index is -0.703. The molecule has 5 heteroatoms. The zero-order chi connectivity index (χ0) is 14.3. The van der Waals surface area contributed by atoms with Gasteiger partial charge in [0, 0.05) is 19.2 Å². The van der Waals surface area contributed by atoms with Crippen molar-refractivity contribution in [1.29, 1.82) is 0 Å². The predicted molar refractivity (Wildman–Crippen MR) is 75.4 cm³/mol. The molecule has 1 N–H and O–H groups in total. The second-order valence-electron chi connectivity index (χ2n) is 5.67. The van der Waals surface area contributed by atoms with E-state index in [-0.39, 0.29) is 11.8 Å². The van der Waals surface area contributed by atoms with Gasteiger partial charge in [-0.1, -0.05) is 13.3 Å². The van der Waals surface area contributed by atoms with Gasteiger partial charge in [0.05, 0.1) is 11.4 Å². The van der Waals surface area contributed by atoms with E-state index in [9.17, 15) is 9.90 Å². The number of carboxylic acid groups (broad SMARTS) is 1. The van der Waals surface area contributed by atoms with Crippen molar-refractivity contribution in [3.63, 3.8) is 0 Å². The van der Waals surface area contributed by atoms with E-state index in [1.807, 2.05) is 23.7 Å². The van der Waals surface area contributed by atoms with E-state index in [4.69, 9.17) is 0 Å². The number of fused-ring (bicyclic) bond motifs is 1. The van der Waals surface area contributed by atoms with Crippen LogP contribution in [0, 0.1) is 11.8 Å². The van der Waals surface area contributed by atoms with Crippen LogP contribution in [0.4, 0.5) is 0 Å². The molecule has 3 atom stereocenters. The first-order chi connectivity index (χ1) is 9.61. The van der Waals surface area contributed by atoms with Gasteiger partial charge >= 0.3 is 5.97 Å². The Morgan fingerprint density at radius 2 is 2.30 bits per heavy atom. The molecule has 0 aromatic carbocycles. The number of hydrogen-bond donors (Lipinski definition) is 1. The van der Waals surface area contributed by atoms with Crippen molar-refractivity contribution in [2.45, 2.75) is 32.1 Å². The number of rotatable bonds is 3. The first-order valence-electron chi connectivity index (χ1n) is 7.12. The third-order valence-electron chi connectivity index (χ3n) is 4.58. The lowest BCUT2D eigenvalue weighted by Gasteiger charge is -2.15. The van der Waals surface area contributed by atoms with Crippen LogP contribution in [-0.2, 0) is 11.8 Å².